The van der Waals surface area contributed by atoms with Crippen LogP contribution in [-0.4, -0.2) is 30.3 Å². The first-order valence-corrected chi connectivity index (χ1v) is 6.62. The van der Waals surface area contributed by atoms with Crippen LogP contribution in [0.25, 0.3) is 0 Å². The maximum Gasteiger partial charge on any atom is 0.244 e. The van der Waals surface area contributed by atoms with Crippen molar-refractivity contribution in [2.24, 2.45) is 0 Å². The summed E-state index contributed by atoms with van der Waals surface area (Å²) in [7, 11) is 1.64. The third kappa shape index (κ3) is 4.49. The van der Waals surface area contributed by atoms with E-state index in [0.717, 1.165) is 10.9 Å². The van der Waals surface area contributed by atoms with Gasteiger partial charge in [-0.05, 0) is 34.5 Å². The number of para-hydroxylation sites is 1. The molecule has 0 spiro atoms. The molecule has 0 aromatic heterocycles. The van der Waals surface area contributed by atoms with Gasteiger partial charge in [0.1, 0.15) is 0 Å². The molecule has 98 valence electrons. The van der Waals surface area contributed by atoms with E-state index in [-0.39, 0.29) is 18.4 Å². The Balaban J connectivity index is 2.52. The Kier molecular flexibility index (Phi) is 5.85. The molecule has 0 unspecified atom stereocenters. The Hall–Kier alpha value is -1.36. The van der Waals surface area contributed by atoms with Crippen molar-refractivity contribution in [1.82, 2.24) is 4.90 Å². The average Bonchev–Trinajstić information content (AvgIpc) is 2.32. The van der Waals surface area contributed by atoms with Crippen LogP contribution < -0.4 is 5.32 Å². The van der Waals surface area contributed by atoms with Crippen molar-refractivity contribution in [3.8, 4) is 0 Å². The van der Waals surface area contributed by atoms with Crippen LogP contribution in [0.5, 0.6) is 0 Å². The van der Waals surface area contributed by atoms with Crippen LogP contribution in [-0.2, 0) is 9.59 Å². The Bertz CT molecular complexity index is 435. The molecule has 0 aliphatic rings. The van der Waals surface area contributed by atoms with Crippen molar-refractivity contribution in [3.63, 3.8) is 0 Å². The van der Waals surface area contributed by atoms with Crippen LogP contribution in [0.1, 0.15) is 19.8 Å². The summed E-state index contributed by atoms with van der Waals surface area (Å²) >= 11 is 3.35. The molecule has 2 amide bonds. The van der Waals surface area contributed by atoms with Crippen LogP contribution in [0.4, 0.5) is 5.69 Å². The van der Waals surface area contributed by atoms with E-state index < -0.39 is 0 Å². The quantitative estimate of drug-likeness (QED) is 0.908. The highest BCUT2D eigenvalue weighted by atomic mass is 79.9. The number of likely N-dealkylation sites (N-methyl/N-ethyl adjacent to an activating group) is 1. The predicted octanol–water partition coefficient (Wildman–Crippen LogP) is 2.65. The molecular weight excluding hydrogens is 296 g/mol. The molecular formula is C13H17BrN2O2. The molecule has 0 saturated heterocycles. The van der Waals surface area contributed by atoms with Gasteiger partial charge in [0.05, 0.1) is 12.2 Å². The van der Waals surface area contributed by atoms with Gasteiger partial charge in [-0.15, -0.1) is 0 Å². The normalized spacial score (nSPS) is 9.94. The maximum absolute atomic E-state index is 11.8. The van der Waals surface area contributed by atoms with E-state index >= 15 is 0 Å². The number of benzene rings is 1. The number of hydrogen-bond acceptors (Lipinski definition) is 2. The van der Waals surface area contributed by atoms with E-state index in [1.807, 2.05) is 25.1 Å². The van der Waals surface area contributed by atoms with E-state index in [0.29, 0.717) is 12.1 Å². The molecule has 0 fully saturated rings. The lowest BCUT2D eigenvalue weighted by atomic mass is 10.3. The molecule has 1 N–H and O–H groups in total. The minimum atomic E-state index is -0.200. The molecule has 0 saturated carbocycles. The summed E-state index contributed by atoms with van der Waals surface area (Å²) in [5, 5.41) is 2.76. The zero-order valence-electron chi connectivity index (χ0n) is 10.6. The molecule has 0 aliphatic carbocycles. The number of nitrogens with zero attached hydrogens (tertiary/aromatic N) is 1. The highest BCUT2D eigenvalue weighted by molar-refractivity contribution is 9.10. The Labute approximate surface area is 115 Å². The highest BCUT2D eigenvalue weighted by Gasteiger charge is 2.12. The number of amides is 2. The lowest BCUT2D eigenvalue weighted by Crippen LogP contribution is -2.34. The van der Waals surface area contributed by atoms with Gasteiger partial charge < -0.3 is 10.2 Å². The number of rotatable bonds is 5. The van der Waals surface area contributed by atoms with Gasteiger partial charge in [-0.2, -0.15) is 0 Å². The Morgan fingerprint density at radius 2 is 2.00 bits per heavy atom. The summed E-state index contributed by atoms with van der Waals surface area (Å²) in [4.78, 5) is 24.7. The van der Waals surface area contributed by atoms with Crippen LogP contribution in [0.2, 0.25) is 0 Å². The second-order valence-corrected chi connectivity index (χ2v) is 4.88. The zero-order valence-corrected chi connectivity index (χ0v) is 12.2. The highest BCUT2D eigenvalue weighted by Crippen LogP contribution is 2.20. The molecule has 1 aromatic rings. The SMILES string of the molecule is CCCC(=O)N(C)CC(=O)Nc1ccccc1Br. The van der Waals surface area contributed by atoms with Gasteiger partial charge in [0, 0.05) is 17.9 Å². The molecule has 5 heteroatoms. The first-order chi connectivity index (χ1) is 8.54. The third-order valence-corrected chi connectivity index (χ3v) is 3.11. The number of carbonyl (C=O) groups excluding carboxylic acids is 2. The number of carbonyl (C=O) groups is 2. The zero-order chi connectivity index (χ0) is 13.5. The summed E-state index contributed by atoms with van der Waals surface area (Å²) in [5.41, 5.74) is 0.707. The lowest BCUT2D eigenvalue weighted by Gasteiger charge is -2.16. The van der Waals surface area contributed by atoms with Crippen molar-refractivity contribution >= 4 is 33.4 Å². The van der Waals surface area contributed by atoms with E-state index in [2.05, 4.69) is 21.2 Å². The van der Waals surface area contributed by atoms with E-state index in [1.165, 1.54) is 4.90 Å². The van der Waals surface area contributed by atoms with Gasteiger partial charge in [-0.3, -0.25) is 9.59 Å². The summed E-state index contributed by atoms with van der Waals surface area (Å²) in [6.07, 6.45) is 1.26. The average molecular weight is 313 g/mol. The minimum Gasteiger partial charge on any atom is -0.336 e. The Morgan fingerprint density at radius 1 is 1.33 bits per heavy atom. The number of nitrogens with one attached hydrogen (secondary N) is 1. The third-order valence-electron chi connectivity index (χ3n) is 2.42. The van der Waals surface area contributed by atoms with Gasteiger partial charge >= 0.3 is 0 Å². The minimum absolute atomic E-state index is 0.0141. The fraction of sp³-hybridized carbons (Fsp3) is 0.385. The van der Waals surface area contributed by atoms with Crippen molar-refractivity contribution in [3.05, 3.63) is 28.7 Å². The van der Waals surface area contributed by atoms with Crippen molar-refractivity contribution < 1.29 is 9.59 Å². The largest absolute Gasteiger partial charge is 0.336 e. The van der Waals surface area contributed by atoms with Gasteiger partial charge in [-0.25, -0.2) is 0 Å². The van der Waals surface area contributed by atoms with Crippen LogP contribution >= 0.6 is 15.9 Å². The fourth-order valence-corrected chi connectivity index (χ4v) is 1.84. The second-order valence-electron chi connectivity index (χ2n) is 4.03. The van der Waals surface area contributed by atoms with Gasteiger partial charge in [-0.1, -0.05) is 19.1 Å². The van der Waals surface area contributed by atoms with Crippen LogP contribution in [0.15, 0.2) is 28.7 Å². The van der Waals surface area contributed by atoms with Crippen LogP contribution in [0.3, 0.4) is 0 Å². The van der Waals surface area contributed by atoms with E-state index in [1.54, 1.807) is 13.1 Å². The van der Waals surface area contributed by atoms with Gasteiger partial charge in [0.15, 0.2) is 0 Å². The number of anilines is 1. The summed E-state index contributed by atoms with van der Waals surface area (Å²) in [6, 6.07) is 7.36. The standard InChI is InChI=1S/C13H17BrN2O2/c1-3-6-13(18)16(2)9-12(17)15-11-8-5-4-7-10(11)14/h4-5,7-8H,3,6,9H2,1-2H3,(H,15,17). The monoisotopic (exact) mass is 312 g/mol. The smallest absolute Gasteiger partial charge is 0.244 e. The summed E-state index contributed by atoms with van der Waals surface area (Å²) < 4.78 is 0.820. The number of halogens is 1. The molecule has 18 heavy (non-hydrogen) atoms. The summed E-state index contributed by atoms with van der Waals surface area (Å²) in [6.45, 7) is 2.01. The number of hydrogen-bond donors (Lipinski definition) is 1. The first-order valence-electron chi connectivity index (χ1n) is 5.83. The first kappa shape index (κ1) is 14.7. The molecule has 1 rings (SSSR count). The fourth-order valence-electron chi connectivity index (χ4n) is 1.46. The topological polar surface area (TPSA) is 49.4 Å². The van der Waals surface area contributed by atoms with Crippen molar-refractivity contribution in [2.45, 2.75) is 19.8 Å². The van der Waals surface area contributed by atoms with Gasteiger partial charge in [0.2, 0.25) is 11.8 Å². The molecule has 0 aliphatic heterocycles. The van der Waals surface area contributed by atoms with Crippen LogP contribution in [0, 0.1) is 0 Å². The molecule has 0 bridgehead atoms. The molecule has 0 atom stereocenters. The van der Waals surface area contributed by atoms with Crippen molar-refractivity contribution in [2.75, 3.05) is 18.9 Å². The molecule has 1 aromatic carbocycles. The second kappa shape index (κ2) is 7.16. The van der Waals surface area contributed by atoms with Crippen molar-refractivity contribution in [1.29, 1.82) is 0 Å². The lowest BCUT2D eigenvalue weighted by molar-refractivity contribution is -0.133. The molecule has 4 nitrogen and oxygen atoms in total. The predicted molar refractivity (Wildman–Crippen MR) is 75.3 cm³/mol. The van der Waals surface area contributed by atoms with Gasteiger partial charge in [0.25, 0.3) is 0 Å². The summed E-state index contributed by atoms with van der Waals surface area (Å²) in [5.74, 6) is -0.214. The van der Waals surface area contributed by atoms with E-state index in [9.17, 15) is 9.59 Å². The molecule has 0 heterocycles. The maximum atomic E-state index is 11.8. The van der Waals surface area contributed by atoms with E-state index in [4.69, 9.17) is 0 Å². The Morgan fingerprint density at radius 3 is 2.61 bits per heavy atom. The molecule has 0 radical (unpaired) electrons.